The van der Waals surface area contributed by atoms with E-state index in [-0.39, 0.29) is 0 Å². The summed E-state index contributed by atoms with van der Waals surface area (Å²) in [5.74, 6) is 1.53. The lowest BCUT2D eigenvalue weighted by Crippen LogP contribution is -1.93. The summed E-state index contributed by atoms with van der Waals surface area (Å²) in [5, 5.41) is 0. The van der Waals surface area contributed by atoms with Gasteiger partial charge in [0.05, 0.1) is 0 Å². The minimum atomic E-state index is 0.709. The SMILES string of the molecule is CCCC(C=CC(C)C)CC. The van der Waals surface area contributed by atoms with E-state index >= 15 is 0 Å². The third-order valence-corrected chi connectivity index (χ3v) is 1.95. The van der Waals surface area contributed by atoms with Crippen LogP contribution in [0.5, 0.6) is 0 Å². The van der Waals surface area contributed by atoms with Gasteiger partial charge < -0.3 is 0 Å². The summed E-state index contributed by atoms with van der Waals surface area (Å²) in [6, 6.07) is 0. The van der Waals surface area contributed by atoms with Gasteiger partial charge in [0, 0.05) is 0 Å². The highest BCUT2D eigenvalue weighted by Gasteiger charge is 1.98. The molecule has 0 aromatic carbocycles. The molecule has 0 saturated heterocycles. The fourth-order valence-corrected chi connectivity index (χ4v) is 1.19. The minimum Gasteiger partial charge on any atom is -0.0857 e. The molecule has 1 unspecified atom stereocenters. The molecule has 0 heterocycles. The first-order valence-corrected chi connectivity index (χ1v) is 4.89. The summed E-state index contributed by atoms with van der Waals surface area (Å²) in [6.07, 6.45) is 8.65. The molecule has 0 aliphatic heterocycles. The molecule has 0 aromatic heterocycles. The lowest BCUT2D eigenvalue weighted by atomic mass is 9.99. The monoisotopic (exact) mass is 154 g/mol. The number of allylic oxidation sites excluding steroid dienone is 2. The average Bonchev–Trinajstić information content (AvgIpc) is 1.97. The van der Waals surface area contributed by atoms with Crippen molar-refractivity contribution in [2.24, 2.45) is 11.8 Å². The Labute approximate surface area is 71.7 Å². The van der Waals surface area contributed by atoms with Gasteiger partial charge in [-0.25, -0.2) is 0 Å². The summed E-state index contributed by atoms with van der Waals surface area (Å²) in [6.45, 7) is 8.99. The summed E-state index contributed by atoms with van der Waals surface area (Å²) < 4.78 is 0. The van der Waals surface area contributed by atoms with E-state index < -0.39 is 0 Å². The van der Waals surface area contributed by atoms with Gasteiger partial charge >= 0.3 is 0 Å². The highest BCUT2D eigenvalue weighted by molar-refractivity contribution is 4.89. The van der Waals surface area contributed by atoms with Crippen LogP contribution >= 0.6 is 0 Å². The zero-order chi connectivity index (χ0) is 8.69. The Morgan fingerprint density at radius 1 is 1.09 bits per heavy atom. The molecule has 0 bridgehead atoms. The van der Waals surface area contributed by atoms with Gasteiger partial charge in [0.15, 0.2) is 0 Å². The summed E-state index contributed by atoms with van der Waals surface area (Å²) in [5.41, 5.74) is 0. The first kappa shape index (κ1) is 10.7. The zero-order valence-corrected chi connectivity index (χ0v) is 8.43. The fourth-order valence-electron chi connectivity index (χ4n) is 1.19. The molecule has 0 aliphatic carbocycles. The van der Waals surface area contributed by atoms with Crippen molar-refractivity contribution in [3.8, 4) is 0 Å². The molecule has 0 fully saturated rings. The van der Waals surface area contributed by atoms with Gasteiger partial charge in [-0.1, -0.05) is 46.3 Å². The van der Waals surface area contributed by atoms with Crippen molar-refractivity contribution in [1.29, 1.82) is 0 Å². The van der Waals surface area contributed by atoms with E-state index in [1.54, 1.807) is 0 Å². The van der Waals surface area contributed by atoms with Gasteiger partial charge in [-0.2, -0.15) is 0 Å². The summed E-state index contributed by atoms with van der Waals surface area (Å²) in [7, 11) is 0. The van der Waals surface area contributed by atoms with Crippen molar-refractivity contribution in [3.05, 3.63) is 12.2 Å². The first-order valence-electron chi connectivity index (χ1n) is 4.89. The highest BCUT2D eigenvalue weighted by atomic mass is 14.0. The lowest BCUT2D eigenvalue weighted by Gasteiger charge is -2.07. The third kappa shape index (κ3) is 6.15. The molecular formula is C11H22. The van der Waals surface area contributed by atoms with E-state index in [0.29, 0.717) is 5.92 Å². The Hall–Kier alpha value is -0.260. The third-order valence-electron chi connectivity index (χ3n) is 1.95. The minimum absolute atomic E-state index is 0.709. The van der Waals surface area contributed by atoms with Crippen molar-refractivity contribution in [2.45, 2.75) is 47.0 Å². The van der Waals surface area contributed by atoms with Gasteiger partial charge in [0.2, 0.25) is 0 Å². The van der Waals surface area contributed by atoms with Crippen LogP contribution in [0.4, 0.5) is 0 Å². The Bertz CT molecular complexity index is 101. The van der Waals surface area contributed by atoms with Crippen LogP contribution in [0.3, 0.4) is 0 Å². The Morgan fingerprint density at radius 3 is 2.09 bits per heavy atom. The molecule has 0 heteroatoms. The second-order valence-corrected chi connectivity index (χ2v) is 3.59. The quantitative estimate of drug-likeness (QED) is 0.524. The Morgan fingerprint density at radius 2 is 1.73 bits per heavy atom. The number of hydrogen-bond donors (Lipinski definition) is 0. The molecule has 0 aliphatic rings. The molecular weight excluding hydrogens is 132 g/mol. The van der Waals surface area contributed by atoms with Crippen molar-refractivity contribution < 1.29 is 0 Å². The maximum absolute atomic E-state index is 2.38. The van der Waals surface area contributed by atoms with Crippen molar-refractivity contribution in [1.82, 2.24) is 0 Å². The van der Waals surface area contributed by atoms with Crippen LogP contribution in [0.1, 0.15) is 47.0 Å². The summed E-state index contributed by atoms with van der Waals surface area (Å²) in [4.78, 5) is 0. The van der Waals surface area contributed by atoms with Crippen LogP contribution in [0.15, 0.2) is 12.2 Å². The molecule has 0 aromatic rings. The molecule has 0 saturated carbocycles. The van der Waals surface area contributed by atoms with E-state index in [0.717, 1.165) is 5.92 Å². The molecule has 0 amide bonds. The number of rotatable bonds is 5. The molecule has 0 rings (SSSR count). The van der Waals surface area contributed by atoms with E-state index in [1.807, 2.05) is 0 Å². The van der Waals surface area contributed by atoms with Crippen LogP contribution in [0, 0.1) is 11.8 Å². The fraction of sp³-hybridized carbons (Fsp3) is 0.818. The van der Waals surface area contributed by atoms with Crippen LogP contribution < -0.4 is 0 Å². The van der Waals surface area contributed by atoms with Crippen molar-refractivity contribution in [3.63, 3.8) is 0 Å². The molecule has 66 valence electrons. The van der Waals surface area contributed by atoms with E-state index in [1.165, 1.54) is 19.3 Å². The molecule has 0 spiro atoms. The predicted octanol–water partition coefficient (Wildman–Crippen LogP) is 4.02. The second-order valence-electron chi connectivity index (χ2n) is 3.59. The van der Waals surface area contributed by atoms with Gasteiger partial charge in [-0.05, 0) is 24.7 Å². The van der Waals surface area contributed by atoms with Crippen LogP contribution in [-0.4, -0.2) is 0 Å². The maximum Gasteiger partial charge on any atom is -0.0236 e. The van der Waals surface area contributed by atoms with Crippen LogP contribution in [0.25, 0.3) is 0 Å². The number of hydrogen-bond acceptors (Lipinski definition) is 0. The predicted molar refractivity (Wildman–Crippen MR) is 52.7 cm³/mol. The lowest BCUT2D eigenvalue weighted by molar-refractivity contribution is 0.559. The van der Waals surface area contributed by atoms with Gasteiger partial charge in [-0.15, -0.1) is 0 Å². The maximum atomic E-state index is 2.38. The second kappa shape index (κ2) is 6.45. The molecule has 0 nitrogen and oxygen atoms in total. The highest BCUT2D eigenvalue weighted by Crippen LogP contribution is 2.13. The average molecular weight is 154 g/mol. The smallest absolute Gasteiger partial charge is 0.0236 e. The van der Waals surface area contributed by atoms with E-state index in [2.05, 4.69) is 39.8 Å². The van der Waals surface area contributed by atoms with E-state index in [4.69, 9.17) is 0 Å². The topological polar surface area (TPSA) is 0 Å². The van der Waals surface area contributed by atoms with Gasteiger partial charge in [0.25, 0.3) is 0 Å². The zero-order valence-electron chi connectivity index (χ0n) is 8.43. The van der Waals surface area contributed by atoms with Crippen molar-refractivity contribution >= 4 is 0 Å². The Balaban J connectivity index is 3.66. The largest absolute Gasteiger partial charge is 0.0857 e. The molecule has 0 radical (unpaired) electrons. The standard InChI is InChI=1S/C11H22/c1-5-7-11(6-2)9-8-10(3)4/h8-11H,5-7H2,1-4H3. The van der Waals surface area contributed by atoms with Gasteiger partial charge in [0.1, 0.15) is 0 Å². The van der Waals surface area contributed by atoms with E-state index in [9.17, 15) is 0 Å². The van der Waals surface area contributed by atoms with Gasteiger partial charge in [-0.3, -0.25) is 0 Å². The van der Waals surface area contributed by atoms with Crippen molar-refractivity contribution in [2.75, 3.05) is 0 Å². The first-order chi connectivity index (χ1) is 5.20. The molecule has 11 heavy (non-hydrogen) atoms. The normalized spacial score (nSPS) is 14.6. The van der Waals surface area contributed by atoms with Crippen LogP contribution in [-0.2, 0) is 0 Å². The molecule has 1 atom stereocenters. The Kier molecular flexibility index (Phi) is 6.30. The van der Waals surface area contributed by atoms with Crippen LogP contribution in [0.2, 0.25) is 0 Å². The molecule has 0 N–H and O–H groups in total. The summed E-state index contributed by atoms with van der Waals surface area (Å²) >= 11 is 0.